The molecule has 1 N–H and O–H groups in total. The molecule has 3 heterocycles. The maximum atomic E-state index is 12.8. The first-order valence-electron chi connectivity index (χ1n) is 7.95. The first-order chi connectivity index (χ1) is 12.0. The molecule has 0 aromatic carbocycles. The van der Waals surface area contributed by atoms with Gasteiger partial charge in [0, 0.05) is 12.6 Å². The summed E-state index contributed by atoms with van der Waals surface area (Å²) < 4.78 is 11.6. The van der Waals surface area contributed by atoms with Gasteiger partial charge in [-0.15, -0.1) is 0 Å². The molecule has 0 fully saturated rings. The molecular weight excluding hydrogens is 328 g/mol. The zero-order valence-electron chi connectivity index (χ0n) is 14.3. The molecular formula is C15H20N6O4. The molecule has 0 aliphatic carbocycles. The number of hydrogen-bond donors (Lipinski definition) is 1. The van der Waals surface area contributed by atoms with E-state index in [0.717, 1.165) is 0 Å². The summed E-state index contributed by atoms with van der Waals surface area (Å²) >= 11 is 0. The number of carbonyl (C=O) groups is 2. The highest BCUT2D eigenvalue weighted by Gasteiger charge is 2.32. The first-order valence-corrected chi connectivity index (χ1v) is 7.95. The van der Waals surface area contributed by atoms with Crippen molar-refractivity contribution in [1.82, 2.24) is 30.1 Å². The number of rotatable bonds is 4. The van der Waals surface area contributed by atoms with Crippen LogP contribution in [-0.4, -0.2) is 56.3 Å². The second-order valence-corrected chi connectivity index (χ2v) is 6.14. The lowest BCUT2D eigenvalue weighted by Crippen LogP contribution is -2.43. The Morgan fingerprint density at radius 1 is 1.40 bits per heavy atom. The number of nitrogens with zero attached hydrogens (tertiary/aromatic N) is 5. The molecule has 10 nitrogen and oxygen atoms in total. The minimum absolute atomic E-state index is 0.00802. The summed E-state index contributed by atoms with van der Waals surface area (Å²) in [4.78, 5) is 30.9. The topological polar surface area (TPSA) is 115 Å². The zero-order valence-corrected chi connectivity index (χ0v) is 14.3. The van der Waals surface area contributed by atoms with Crippen molar-refractivity contribution in [2.24, 2.45) is 5.92 Å². The molecule has 0 saturated heterocycles. The van der Waals surface area contributed by atoms with Gasteiger partial charge in [0.1, 0.15) is 12.2 Å². The second-order valence-electron chi connectivity index (χ2n) is 6.14. The third kappa shape index (κ3) is 3.62. The summed E-state index contributed by atoms with van der Waals surface area (Å²) in [6.45, 7) is 4.59. The van der Waals surface area contributed by atoms with Gasteiger partial charge in [-0.1, -0.05) is 0 Å². The molecule has 0 spiro atoms. The van der Waals surface area contributed by atoms with Crippen molar-refractivity contribution in [1.29, 1.82) is 0 Å². The van der Waals surface area contributed by atoms with Crippen molar-refractivity contribution in [3.05, 3.63) is 24.0 Å². The lowest BCUT2D eigenvalue weighted by atomic mass is 10.1. The smallest absolute Gasteiger partial charge is 0.293 e. The van der Waals surface area contributed by atoms with Crippen molar-refractivity contribution in [3.63, 3.8) is 0 Å². The number of carbonyl (C=O) groups excluding carboxylic acids is 2. The summed E-state index contributed by atoms with van der Waals surface area (Å²) in [5.74, 6) is -0.0806. The van der Waals surface area contributed by atoms with E-state index in [1.807, 2.05) is 13.8 Å². The predicted molar refractivity (Wildman–Crippen MR) is 84.6 cm³/mol. The Morgan fingerprint density at radius 3 is 2.88 bits per heavy atom. The largest absolute Gasteiger partial charge is 0.479 e. The van der Waals surface area contributed by atoms with Gasteiger partial charge < -0.3 is 19.5 Å². The number of ether oxygens (including phenoxy) is 1. The van der Waals surface area contributed by atoms with Crippen LogP contribution in [0.2, 0.25) is 0 Å². The molecule has 3 rings (SSSR count). The number of fused-ring (bicyclic) bond motifs is 1. The molecule has 0 bridgehead atoms. The van der Waals surface area contributed by atoms with Crippen molar-refractivity contribution >= 4 is 11.8 Å². The van der Waals surface area contributed by atoms with Crippen LogP contribution in [0.1, 0.15) is 30.2 Å². The Morgan fingerprint density at radius 2 is 2.20 bits per heavy atom. The van der Waals surface area contributed by atoms with Crippen molar-refractivity contribution in [2.45, 2.75) is 33.0 Å². The fraction of sp³-hybridized carbons (Fsp3) is 0.533. The molecule has 1 unspecified atom stereocenters. The number of methoxy groups -OCH3 is 1. The highest BCUT2D eigenvalue weighted by atomic mass is 16.5. The van der Waals surface area contributed by atoms with E-state index >= 15 is 0 Å². The molecule has 2 amide bonds. The van der Waals surface area contributed by atoms with Crippen LogP contribution in [-0.2, 0) is 17.9 Å². The zero-order chi connectivity index (χ0) is 18.0. The van der Waals surface area contributed by atoms with Gasteiger partial charge in [-0.05, 0) is 19.0 Å². The molecule has 2 aromatic heterocycles. The van der Waals surface area contributed by atoms with Crippen LogP contribution >= 0.6 is 0 Å². The summed E-state index contributed by atoms with van der Waals surface area (Å²) in [7, 11) is 1.44. The lowest BCUT2D eigenvalue weighted by Gasteiger charge is -2.23. The Kier molecular flexibility index (Phi) is 4.68. The fourth-order valence-electron chi connectivity index (χ4n) is 2.67. The number of hydrogen-bond acceptors (Lipinski definition) is 7. The van der Waals surface area contributed by atoms with E-state index < -0.39 is 5.92 Å². The highest BCUT2D eigenvalue weighted by molar-refractivity contribution is 5.92. The van der Waals surface area contributed by atoms with Gasteiger partial charge in [-0.25, -0.2) is 9.67 Å². The van der Waals surface area contributed by atoms with Crippen LogP contribution in [0.15, 0.2) is 16.9 Å². The molecule has 2 aromatic rings. The van der Waals surface area contributed by atoms with E-state index in [1.54, 1.807) is 4.68 Å². The second kappa shape index (κ2) is 6.91. The van der Waals surface area contributed by atoms with E-state index in [4.69, 9.17) is 9.26 Å². The van der Waals surface area contributed by atoms with Crippen LogP contribution < -0.4 is 10.1 Å². The summed E-state index contributed by atoms with van der Waals surface area (Å²) in [6, 6.07) is 1.43. The van der Waals surface area contributed by atoms with Crippen LogP contribution in [0.5, 0.6) is 5.88 Å². The van der Waals surface area contributed by atoms with Gasteiger partial charge in [0.25, 0.3) is 11.8 Å². The number of amides is 2. The third-order valence-corrected chi connectivity index (χ3v) is 3.86. The van der Waals surface area contributed by atoms with Crippen LogP contribution in [0.3, 0.4) is 0 Å². The number of aromatic nitrogens is 4. The van der Waals surface area contributed by atoms with E-state index in [2.05, 4.69) is 20.6 Å². The first kappa shape index (κ1) is 16.9. The van der Waals surface area contributed by atoms with Crippen LogP contribution in [0.4, 0.5) is 0 Å². The SMILES string of the molecule is COc1cc(C(=O)N2Cc3ncnn3CC(C(=O)NC(C)C)C2)on1. The standard InChI is InChI=1S/C15H20N6O4/c1-9(2)18-14(22)10-5-20(7-12-16-8-17-21(12)6-10)15(23)11-4-13(24-3)19-25-11/h4,8-10H,5-7H2,1-3H3,(H,18,22). The summed E-state index contributed by atoms with van der Waals surface area (Å²) in [6.07, 6.45) is 1.41. The lowest BCUT2D eigenvalue weighted by molar-refractivity contribution is -0.126. The Labute approximate surface area is 144 Å². The van der Waals surface area contributed by atoms with E-state index in [9.17, 15) is 9.59 Å². The molecule has 0 radical (unpaired) electrons. The summed E-state index contributed by atoms with van der Waals surface area (Å²) in [5.41, 5.74) is 0. The van der Waals surface area contributed by atoms with E-state index in [-0.39, 0.29) is 42.6 Å². The molecule has 1 aliphatic heterocycles. The van der Waals surface area contributed by atoms with Crippen molar-refractivity contribution in [2.75, 3.05) is 13.7 Å². The minimum Gasteiger partial charge on any atom is -0.479 e. The fourth-order valence-corrected chi connectivity index (χ4v) is 2.67. The van der Waals surface area contributed by atoms with E-state index in [1.165, 1.54) is 24.4 Å². The van der Waals surface area contributed by atoms with Gasteiger partial charge in [0.05, 0.1) is 32.2 Å². The predicted octanol–water partition coefficient (Wildman–Crippen LogP) is 0.0715. The molecule has 0 saturated carbocycles. The Hall–Kier alpha value is -2.91. The van der Waals surface area contributed by atoms with Gasteiger partial charge >= 0.3 is 0 Å². The average molecular weight is 348 g/mol. The molecule has 134 valence electrons. The van der Waals surface area contributed by atoms with Gasteiger partial charge in [0.2, 0.25) is 11.7 Å². The monoisotopic (exact) mass is 348 g/mol. The minimum atomic E-state index is -0.445. The Bertz CT molecular complexity index is 768. The maximum Gasteiger partial charge on any atom is 0.293 e. The summed E-state index contributed by atoms with van der Waals surface area (Å²) in [5, 5.41) is 10.7. The molecule has 25 heavy (non-hydrogen) atoms. The molecule has 10 heteroatoms. The quantitative estimate of drug-likeness (QED) is 0.831. The Balaban J connectivity index is 1.85. The van der Waals surface area contributed by atoms with Crippen LogP contribution in [0, 0.1) is 5.92 Å². The normalized spacial score (nSPS) is 17.1. The third-order valence-electron chi connectivity index (χ3n) is 3.86. The van der Waals surface area contributed by atoms with Crippen molar-refractivity contribution < 1.29 is 18.8 Å². The highest BCUT2D eigenvalue weighted by Crippen LogP contribution is 2.19. The van der Waals surface area contributed by atoms with Gasteiger partial charge in [-0.3, -0.25) is 9.59 Å². The van der Waals surface area contributed by atoms with Crippen LogP contribution in [0.25, 0.3) is 0 Å². The average Bonchev–Trinajstić information content (AvgIpc) is 3.18. The number of nitrogens with one attached hydrogen (secondary N) is 1. The molecule has 1 atom stereocenters. The van der Waals surface area contributed by atoms with Crippen molar-refractivity contribution in [3.8, 4) is 5.88 Å². The molecule has 1 aliphatic rings. The maximum absolute atomic E-state index is 12.8. The van der Waals surface area contributed by atoms with Gasteiger partial charge in [-0.2, -0.15) is 5.10 Å². The van der Waals surface area contributed by atoms with Gasteiger partial charge in [0.15, 0.2) is 0 Å². The van der Waals surface area contributed by atoms with E-state index in [0.29, 0.717) is 12.4 Å².